The standard InChI is InChI=1S/C15H10Cl2N4S/c16-11-5-10(6-12(17)20-11)14-13(21-15(19)22-14)9-3-1-2-8(4-9)7-18/h1-6,15,21H,19H2. The number of nitriles is 1. The molecule has 2 heterocycles. The highest BCUT2D eigenvalue weighted by Gasteiger charge is 2.24. The summed E-state index contributed by atoms with van der Waals surface area (Å²) in [6.45, 7) is 0. The van der Waals surface area contributed by atoms with Gasteiger partial charge in [0, 0.05) is 10.5 Å². The van der Waals surface area contributed by atoms with Crippen LogP contribution >= 0.6 is 35.0 Å². The lowest BCUT2D eigenvalue weighted by atomic mass is 10.1. The Labute approximate surface area is 141 Å². The zero-order chi connectivity index (χ0) is 15.7. The maximum Gasteiger partial charge on any atom is 0.131 e. The van der Waals surface area contributed by atoms with Crippen LogP contribution in [0.15, 0.2) is 36.4 Å². The van der Waals surface area contributed by atoms with Crippen molar-refractivity contribution in [2.75, 3.05) is 0 Å². The minimum atomic E-state index is -0.276. The number of nitrogens with zero attached hydrogens (tertiary/aromatic N) is 2. The molecule has 2 aromatic rings. The van der Waals surface area contributed by atoms with Crippen molar-refractivity contribution in [2.24, 2.45) is 5.73 Å². The van der Waals surface area contributed by atoms with Gasteiger partial charge in [0.1, 0.15) is 15.8 Å². The smallest absolute Gasteiger partial charge is 0.131 e. The third kappa shape index (κ3) is 3.06. The van der Waals surface area contributed by atoms with Gasteiger partial charge in [0.05, 0.1) is 17.3 Å². The van der Waals surface area contributed by atoms with Crippen LogP contribution in [0.3, 0.4) is 0 Å². The van der Waals surface area contributed by atoms with Crippen LogP contribution in [-0.2, 0) is 0 Å². The molecule has 7 heteroatoms. The summed E-state index contributed by atoms with van der Waals surface area (Å²) in [7, 11) is 0. The Morgan fingerprint density at radius 3 is 2.59 bits per heavy atom. The zero-order valence-corrected chi connectivity index (χ0v) is 13.5. The average Bonchev–Trinajstić information content (AvgIpc) is 2.88. The van der Waals surface area contributed by atoms with Crippen molar-refractivity contribution < 1.29 is 0 Å². The molecule has 0 saturated carbocycles. The number of rotatable bonds is 2. The molecule has 3 rings (SSSR count). The number of benzene rings is 1. The van der Waals surface area contributed by atoms with Crippen molar-refractivity contribution in [3.63, 3.8) is 0 Å². The van der Waals surface area contributed by atoms with Crippen LogP contribution in [-0.4, -0.2) is 10.5 Å². The Morgan fingerprint density at radius 1 is 1.18 bits per heavy atom. The van der Waals surface area contributed by atoms with E-state index in [0.717, 1.165) is 21.7 Å². The highest BCUT2D eigenvalue weighted by atomic mass is 35.5. The second kappa shape index (κ2) is 6.19. The molecule has 0 aliphatic carbocycles. The van der Waals surface area contributed by atoms with Crippen molar-refractivity contribution in [1.29, 1.82) is 5.26 Å². The maximum atomic E-state index is 9.05. The molecule has 1 atom stereocenters. The molecule has 1 aliphatic rings. The van der Waals surface area contributed by atoms with Crippen molar-refractivity contribution in [1.82, 2.24) is 10.3 Å². The predicted molar refractivity (Wildman–Crippen MR) is 90.9 cm³/mol. The minimum Gasteiger partial charge on any atom is -0.360 e. The summed E-state index contributed by atoms with van der Waals surface area (Å²) < 4.78 is 0. The van der Waals surface area contributed by atoms with Crippen molar-refractivity contribution >= 4 is 45.6 Å². The summed E-state index contributed by atoms with van der Waals surface area (Å²) in [6.07, 6.45) is 0. The predicted octanol–water partition coefficient (Wildman–Crippen LogP) is 3.66. The van der Waals surface area contributed by atoms with Crippen molar-refractivity contribution in [3.05, 3.63) is 63.4 Å². The van der Waals surface area contributed by atoms with Crippen LogP contribution < -0.4 is 11.1 Å². The SMILES string of the molecule is N#Cc1cccc(C2=C(c3cc(Cl)nc(Cl)c3)SC(N)N2)c1. The summed E-state index contributed by atoms with van der Waals surface area (Å²) in [5, 5.41) is 12.9. The normalized spacial score (nSPS) is 17.3. The lowest BCUT2D eigenvalue weighted by molar-refractivity contribution is 0.853. The second-order valence-electron chi connectivity index (χ2n) is 4.58. The highest BCUT2D eigenvalue weighted by Crippen LogP contribution is 2.41. The summed E-state index contributed by atoms with van der Waals surface area (Å²) in [6, 6.07) is 12.9. The van der Waals surface area contributed by atoms with Gasteiger partial charge in [-0.05, 0) is 29.8 Å². The lowest BCUT2D eigenvalue weighted by Gasteiger charge is -2.09. The number of pyridine rings is 1. The molecule has 0 saturated heterocycles. The molecule has 0 fully saturated rings. The average molecular weight is 349 g/mol. The van der Waals surface area contributed by atoms with Crippen molar-refractivity contribution in [3.8, 4) is 6.07 Å². The van der Waals surface area contributed by atoms with Crippen LogP contribution in [0.4, 0.5) is 0 Å². The van der Waals surface area contributed by atoms with E-state index in [2.05, 4.69) is 16.4 Å². The highest BCUT2D eigenvalue weighted by molar-refractivity contribution is 8.09. The molecule has 0 spiro atoms. The van der Waals surface area contributed by atoms with Gasteiger partial charge in [-0.15, -0.1) is 0 Å². The van der Waals surface area contributed by atoms with Gasteiger partial charge in [0.2, 0.25) is 0 Å². The molecule has 3 N–H and O–H groups in total. The molecule has 22 heavy (non-hydrogen) atoms. The van der Waals surface area contributed by atoms with E-state index in [0.29, 0.717) is 15.9 Å². The molecule has 0 radical (unpaired) electrons. The zero-order valence-electron chi connectivity index (χ0n) is 11.2. The van der Waals surface area contributed by atoms with E-state index in [1.807, 2.05) is 18.2 Å². The quantitative estimate of drug-likeness (QED) is 0.810. The molecule has 1 aromatic heterocycles. The Bertz CT molecular complexity index is 793. The summed E-state index contributed by atoms with van der Waals surface area (Å²) in [5.41, 5.74) is 8.89. The lowest BCUT2D eigenvalue weighted by Crippen LogP contribution is -2.28. The van der Waals surface area contributed by atoms with Gasteiger partial charge in [-0.3, -0.25) is 0 Å². The van der Waals surface area contributed by atoms with Crippen LogP contribution in [0, 0.1) is 11.3 Å². The minimum absolute atomic E-state index is 0.276. The number of hydrogen-bond acceptors (Lipinski definition) is 5. The Hall–Kier alpha value is -1.71. The molecule has 1 unspecified atom stereocenters. The van der Waals surface area contributed by atoms with E-state index in [1.165, 1.54) is 11.8 Å². The third-order valence-corrected chi connectivity index (χ3v) is 4.50. The largest absolute Gasteiger partial charge is 0.360 e. The van der Waals surface area contributed by atoms with Gasteiger partial charge in [0.15, 0.2) is 0 Å². The molecule has 0 amide bonds. The first kappa shape index (κ1) is 15.2. The van der Waals surface area contributed by atoms with Crippen LogP contribution in [0.5, 0.6) is 0 Å². The fraction of sp³-hybridized carbons (Fsp3) is 0.0667. The van der Waals surface area contributed by atoms with Gasteiger partial charge in [-0.2, -0.15) is 5.26 Å². The van der Waals surface area contributed by atoms with Crippen molar-refractivity contribution in [2.45, 2.75) is 5.50 Å². The number of halogens is 2. The number of hydrogen-bond donors (Lipinski definition) is 2. The molecule has 110 valence electrons. The topological polar surface area (TPSA) is 74.7 Å². The summed E-state index contributed by atoms with van der Waals surface area (Å²) >= 11 is 13.4. The van der Waals surface area contributed by atoms with E-state index in [1.54, 1.807) is 18.2 Å². The van der Waals surface area contributed by atoms with E-state index in [-0.39, 0.29) is 5.50 Å². The van der Waals surface area contributed by atoms with Gasteiger partial charge in [-0.1, -0.05) is 47.1 Å². The number of nitrogens with two attached hydrogens (primary N) is 1. The first-order valence-corrected chi connectivity index (χ1v) is 7.97. The van der Waals surface area contributed by atoms with Crippen LogP contribution in [0.1, 0.15) is 16.7 Å². The van der Waals surface area contributed by atoms with Crippen LogP contribution in [0.25, 0.3) is 10.6 Å². The summed E-state index contributed by atoms with van der Waals surface area (Å²) in [4.78, 5) is 4.88. The molecular formula is C15H10Cl2N4S. The van der Waals surface area contributed by atoms with E-state index < -0.39 is 0 Å². The van der Waals surface area contributed by atoms with E-state index in [9.17, 15) is 0 Å². The third-order valence-electron chi connectivity index (χ3n) is 3.06. The van der Waals surface area contributed by atoms with Gasteiger partial charge >= 0.3 is 0 Å². The van der Waals surface area contributed by atoms with Gasteiger partial charge < -0.3 is 11.1 Å². The molecule has 4 nitrogen and oxygen atoms in total. The van der Waals surface area contributed by atoms with Gasteiger partial charge in [-0.25, -0.2) is 4.98 Å². The Balaban J connectivity index is 2.14. The summed E-state index contributed by atoms with van der Waals surface area (Å²) in [5.74, 6) is 0. The first-order chi connectivity index (χ1) is 10.6. The van der Waals surface area contributed by atoms with Crippen LogP contribution in [0.2, 0.25) is 10.3 Å². The van der Waals surface area contributed by atoms with E-state index >= 15 is 0 Å². The number of nitrogens with one attached hydrogen (secondary N) is 1. The van der Waals surface area contributed by atoms with Gasteiger partial charge in [0.25, 0.3) is 0 Å². The van der Waals surface area contributed by atoms with E-state index in [4.69, 9.17) is 34.2 Å². The number of thioether (sulfide) groups is 1. The first-order valence-electron chi connectivity index (χ1n) is 6.34. The fourth-order valence-electron chi connectivity index (χ4n) is 2.19. The molecular weight excluding hydrogens is 339 g/mol. The maximum absolute atomic E-state index is 9.05. The monoisotopic (exact) mass is 348 g/mol. The Kier molecular flexibility index (Phi) is 4.27. The Morgan fingerprint density at radius 2 is 1.91 bits per heavy atom. The number of aromatic nitrogens is 1. The molecule has 0 bridgehead atoms. The molecule has 1 aromatic carbocycles. The molecule has 1 aliphatic heterocycles. The fourth-order valence-corrected chi connectivity index (χ4v) is 3.63. The second-order valence-corrected chi connectivity index (χ2v) is 6.51.